The molecular formula is C65H106O5. The molecule has 0 aromatic carbocycles. The highest BCUT2D eigenvalue weighted by molar-refractivity contribution is 5.70. The van der Waals surface area contributed by atoms with Crippen molar-refractivity contribution in [2.75, 3.05) is 13.2 Å². The van der Waals surface area contributed by atoms with Gasteiger partial charge in [0.05, 0.1) is 6.61 Å². The lowest BCUT2D eigenvalue weighted by Crippen LogP contribution is -2.28. The van der Waals surface area contributed by atoms with Gasteiger partial charge in [0, 0.05) is 12.8 Å². The molecule has 0 aliphatic rings. The van der Waals surface area contributed by atoms with E-state index >= 15 is 0 Å². The van der Waals surface area contributed by atoms with Gasteiger partial charge in [-0.3, -0.25) is 9.59 Å². The maximum atomic E-state index is 12.3. The summed E-state index contributed by atoms with van der Waals surface area (Å²) in [6.45, 7) is 3.99. The molecule has 5 nitrogen and oxygen atoms in total. The van der Waals surface area contributed by atoms with Gasteiger partial charge in [0.25, 0.3) is 0 Å². The van der Waals surface area contributed by atoms with Gasteiger partial charge < -0.3 is 14.6 Å². The molecule has 396 valence electrons. The summed E-state index contributed by atoms with van der Waals surface area (Å²) >= 11 is 0. The highest BCUT2D eigenvalue weighted by atomic mass is 16.6. The van der Waals surface area contributed by atoms with E-state index in [4.69, 9.17) is 9.47 Å². The summed E-state index contributed by atoms with van der Waals surface area (Å²) in [7, 11) is 0. The largest absolute Gasteiger partial charge is 0.462 e. The molecule has 1 atom stereocenters. The molecule has 0 heterocycles. The molecule has 0 aromatic rings. The van der Waals surface area contributed by atoms with Crippen molar-refractivity contribution in [2.24, 2.45) is 0 Å². The van der Waals surface area contributed by atoms with E-state index in [0.29, 0.717) is 12.8 Å². The molecule has 0 saturated heterocycles. The quantitative estimate of drug-likeness (QED) is 0.0374. The lowest BCUT2D eigenvalue weighted by atomic mass is 10.1. The summed E-state index contributed by atoms with van der Waals surface area (Å²) in [5.41, 5.74) is 0. The Balaban J connectivity index is 3.59. The van der Waals surface area contributed by atoms with Crippen LogP contribution in [0.2, 0.25) is 0 Å². The zero-order valence-electron chi connectivity index (χ0n) is 45.2. The minimum absolute atomic E-state index is 0.0770. The maximum absolute atomic E-state index is 12.3. The lowest BCUT2D eigenvalue weighted by molar-refractivity contribution is -0.161. The van der Waals surface area contributed by atoms with Crippen LogP contribution in [-0.4, -0.2) is 36.4 Å². The fourth-order valence-electron chi connectivity index (χ4n) is 7.64. The zero-order chi connectivity index (χ0) is 50.6. The normalized spacial score (nSPS) is 13.2. The molecule has 0 aliphatic heterocycles. The Labute approximate surface area is 432 Å². The first-order valence-corrected chi connectivity index (χ1v) is 28.7. The highest BCUT2D eigenvalue weighted by Crippen LogP contribution is 2.14. The fourth-order valence-corrected chi connectivity index (χ4v) is 7.64. The zero-order valence-corrected chi connectivity index (χ0v) is 45.2. The van der Waals surface area contributed by atoms with E-state index in [1.807, 2.05) is 0 Å². The van der Waals surface area contributed by atoms with Crippen LogP contribution >= 0.6 is 0 Å². The van der Waals surface area contributed by atoms with Crippen molar-refractivity contribution in [3.63, 3.8) is 0 Å². The van der Waals surface area contributed by atoms with E-state index in [2.05, 4.69) is 148 Å². The van der Waals surface area contributed by atoms with Gasteiger partial charge in [0.2, 0.25) is 0 Å². The summed E-state index contributed by atoms with van der Waals surface area (Å²) < 4.78 is 10.7. The number of aliphatic hydroxyl groups is 1. The van der Waals surface area contributed by atoms with E-state index in [1.54, 1.807) is 0 Å². The number of aliphatic hydroxyl groups excluding tert-OH is 1. The third kappa shape index (κ3) is 56.6. The van der Waals surface area contributed by atoms with Crippen molar-refractivity contribution in [1.29, 1.82) is 0 Å². The maximum Gasteiger partial charge on any atom is 0.306 e. The van der Waals surface area contributed by atoms with Gasteiger partial charge in [0.1, 0.15) is 6.61 Å². The second kappa shape index (κ2) is 59.3. The molecular weight excluding hydrogens is 861 g/mol. The van der Waals surface area contributed by atoms with Crippen LogP contribution in [0.1, 0.15) is 245 Å². The number of hydrogen-bond acceptors (Lipinski definition) is 5. The molecule has 0 aromatic heterocycles. The van der Waals surface area contributed by atoms with Crippen molar-refractivity contribution in [3.05, 3.63) is 134 Å². The van der Waals surface area contributed by atoms with Gasteiger partial charge in [-0.25, -0.2) is 0 Å². The number of carbonyl (C=O) groups is 2. The van der Waals surface area contributed by atoms with Crippen LogP contribution in [0.5, 0.6) is 0 Å². The van der Waals surface area contributed by atoms with Crippen molar-refractivity contribution >= 4 is 11.9 Å². The molecule has 1 unspecified atom stereocenters. The van der Waals surface area contributed by atoms with E-state index in [0.717, 1.165) is 109 Å². The lowest BCUT2D eigenvalue weighted by Gasteiger charge is -2.15. The van der Waals surface area contributed by atoms with Crippen LogP contribution in [-0.2, 0) is 19.1 Å². The number of carbonyl (C=O) groups excluding carboxylic acids is 2. The first-order chi connectivity index (χ1) is 34.6. The SMILES string of the molecule is CC/C=C\C/C=C\C/C=C\C/C=C\C/C=C\C/C=C\C/C=C\C/C=C\C/C=C\CCCCCCCCCCCC(=O)OC(CO)COC(=O)CCCCCCCCCCC/C=C\C/C=C\CCCCC. The first kappa shape index (κ1) is 66.0. The highest BCUT2D eigenvalue weighted by Gasteiger charge is 2.16. The average molecular weight is 968 g/mol. The van der Waals surface area contributed by atoms with Gasteiger partial charge in [-0.05, 0) is 116 Å². The third-order valence-corrected chi connectivity index (χ3v) is 11.9. The molecule has 0 aliphatic carbocycles. The van der Waals surface area contributed by atoms with Crippen LogP contribution in [0.25, 0.3) is 0 Å². The van der Waals surface area contributed by atoms with Crippen LogP contribution in [0.3, 0.4) is 0 Å². The molecule has 0 saturated carbocycles. The number of unbranched alkanes of at least 4 members (excludes halogenated alkanes) is 21. The van der Waals surface area contributed by atoms with E-state index in [-0.39, 0.29) is 25.2 Å². The van der Waals surface area contributed by atoms with Crippen LogP contribution in [0, 0.1) is 0 Å². The monoisotopic (exact) mass is 967 g/mol. The third-order valence-electron chi connectivity index (χ3n) is 11.9. The van der Waals surface area contributed by atoms with Crippen LogP contribution in [0.15, 0.2) is 134 Å². The van der Waals surface area contributed by atoms with Crippen LogP contribution in [0.4, 0.5) is 0 Å². The molecule has 1 N–H and O–H groups in total. The topological polar surface area (TPSA) is 72.8 Å². The summed E-state index contributed by atoms with van der Waals surface area (Å²) in [5.74, 6) is -0.607. The standard InChI is InChI=1S/C65H106O5/c1-3-5-7-9-11-13-15-17-19-21-23-24-25-26-27-28-29-30-31-32-33-34-35-36-37-38-39-40-42-44-46-48-50-52-54-56-58-60-65(68)70-63(61-66)62-69-64(67)59-57-55-53-51-49-47-45-43-41-22-20-18-16-14-12-10-8-6-4-2/h5,7,11-14,17-20,23-24,26-27,29-30,32-33,35-36,38-39,63,66H,3-4,6,8-10,15-16,21-22,25,28,31,34,37,40-62H2,1-2H3/b7-5-,13-11-,14-12-,19-17-,20-18-,24-23-,27-26-,30-29-,33-32-,36-35-,39-38-. The summed E-state index contributed by atoms with van der Waals surface area (Å²) in [4.78, 5) is 24.5. The number of ether oxygens (including phenoxy) is 2. The van der Waals surface area contributed by atoms with Gasteiger partial charge in [0.15, 0.2) is 6.10 Å². The van der Waals surface area contributed by atoms with E-state index < -0.39 is 6.10 Å². The fraction of sp³-hybridized carbons (Fsp3) is 0.631. The van der Waals surface area contributed by atoms with Crippen molar-refractivity contribution in [3.8, 4) is 0 Å². The Morgan fingerprint density at radius 3 is 0.929 bits per heavy atom. The molecule has 0 rings (SSSR count). The second-order valence-corrected chi connectivity index (χ2v) is 18.6. The first-order valence-electron chi connectivity index (χ1n) is 28.7. The van der Waals surface area contributed by atoms with Crippen molar-refractivity contribution in [2.45, 2.75) is 251 Å². The van der Waals surface area contributed by atoms with Gasteiger partial charge in [-0.1, -0.05) is 250 Å². The van der Waals surface area contributed by atoms with Gasteiger partial charge >= 0.3 is 11.9 Å². The van der Waals surface area contributed by atoms with Gasteiger partial charge in [-0.2, -0.15) is 0 Å². The number of esters is 2. The number of allylic oxidation sites excluding steroid dienone is 22. The van der Waals surface area contributed by atoms with Crippen LogP contribution < -0.4 is 0 Å². The second-order valence-electron chi connectivity index (χ2n) is 18.6. The molecule has 0 fully saturated rings. The molecule has 0 amide bonds. The average Bonchev–Trinajstić information content (AvgIpc) is 3.36. The predicted octanol–water partition coefficient (Wildman–Crippen LogP) is 19.6. The molecule has 0 bridgehead atoms. The molecule has 0 radical (unpaired) electrons. The Morgan fingerprint density at radius 1 is 0.343 bits per heavy atom. The minimum Gasteiger partial charge on any atom is -0.462 e. The predicted molar refractivity (Wildman–Crippen MR) is 306 cm³/mol. The molecule has 70 heavy (non-hydrogen) atoms. The number of rotatable bonds is 51. The summed E-state index contributed by atoms with van der Waals surface area (Å²) in [6.07, 6.45) is 88.4. The Kier molecular flexibility index (Phi) is 56.0. The van der Waals surface area contributed by atoms with Crippen molar-refractivity contribution in [1.82, 2.24) is 0 Å². The summed E-state index contributed by atoms with van der Waals surface area (Å²) in [5, 5.41) is 9.65. The molecule has 0 spiro atoms. The van der Waals surface area contributed by atoms with Crippen molar-refractivity contribution < 1.29 is 24.2 Å². The Hall–Kier alpha value is -3.96. The smallest absolute Gasteiger partial charge is 0.306 e. The number of hydrogen-bond donors (Lipinski definition) is 1. The Bertz CT molecular complexity index is 1470. The molecule has 5 heteroatoms. The Morgan fingerprint density at radius 2 is 0.614 bits per heavy atom. The van der Waals surface area contributed by atoms with E-state index in [9.17, 15) is 14.7 Å². The minimum atomic E-state index is -0.786. The van der Waals surface area contributed by atoms with E-state index in [1.165, 1.54) is 109 Å². The van der Waals surface area contributed by atoms with Gasteiger partial charge in [-0.15, -0.1) is 0 Å². The summed E-state index contributed by atoms with van der Waals surface area (Å²) in [6, 6.07) is 0.